The minimum atomic E-state index is -0.220. The van der Waals surface area contributed by atoms with Crippen LogP contribution in [0.25, 0.3) is 0 Å². The molecule has 8 heteroatoms. The molecule has 28 heavy (non-hydrogen) atoms. The lowest BCUT2D eigenvalue weighted by Crippen LogP contribution is -2.46. The lowest BCUT2D eigenvalue weighted by atomic mass is 9.97. The van der Waals surface area contributed by atoms with Gasteiger partial charge in [-0.15, -0.1) is 24.0 Å². The van der Waals surface area contributed by atoms with E-state index in [-0.39, 0.29) is 41.7 Å². The third kappa shape index (κ3) is 7.44. The number of esters is 1. The number of halogens is 2. The lowest BCUT2D eigenvalue weighted by Gasteiger charge is -2.33. The summed E-state index contributed by atoms with van der Waals surface area (Å²) in [5.41, 5.74) is 0.871. The van der Waals surface area contributed by atoms with Crippen molar-refractivity contribution in [3.63, 3.8) is 0 Å². The summed E-state index contributed by atoms with van der Waals surface area (Å²) in [5, 5.41) is 3.33. The summed E-state index contributed by atoms with van der Waals surface area (Å²) in [6.45, 7) is 5.95. The molecule has 0 saturated carbocycles. The number of methoxy groups -OCH3 is 1. The molecule has 1 aromatic carbocycles. The van der Waals surface area contributed by atoms with E-state index in [4.69, 9.17) is 9.73 Å². The largest absolute Gasteiger partial charge is 0.469 e. The van der Waals surface area contributed by atoms with Gasteiger partial charge in [0.1, 0.15) is 5.82 Å². The molecule has 0 amide bonds. The van der Waals surface area contributed by atoms with Crippen LogP contribution in [-0.2, 0) is 9.53 Å². The number of benzene rings is 1. The molecule has 6 nitrogen and oxygen atoms in total. The number of nitrogens with zero attached hydrogens (tertiary/aromatic N) is 3. The van der Waals surface area contributed by atoms with Gasteiger partial charge < -0.3 is 19.9 Å². The van der Waals surface area contributed by atoms with Crippen molar-refractivity contribution in [2.24, 2.45) is 10.9 Å². The molecule has 0 spiro atoms. The zero-order valence-corrected chi connectivity index (χ0v) is 19.3. The fourth-order valence-corrected chi connectivity index (χ4v) is 3.25. The predicted octanol–water partition coefficient (Wildman–Crippen LogP) is 3.12. The number of ether oxygens (including phenoxy) is 1. The highest BCUT2D eigenvalue weighted by Crippen LogP contribution is 2.18. The highest BCUT2D eigenvalue weighted by Gasteiger charge is 2.26. The fraction of sp³-hybridized carbons (Fsp3) is 0.600. The zero-order chi connectivity index (χ0) is 19.6. The first-order valence-electron chi connectivity index (χ1n) is 9.63. The van der Waals surface area contributed by atoms with E-state index in [0.29, 0.717) is 6.54 Å². The van der Waals surface area contributed by atoms with Crippen LogP contribution in [0.3, 0.4) is 0 Å². The normalized spacial score (nSPS) is 15.0. The Hall–Kier alpha value is -1.58. The van der Waals surface area contributed by atoms with Gasteiger partial charge in [-0.25, -0.2) is 4.39 Å². The van der Waals surface area contributed by atoms with Crippen LogP contribution in [-0.4, -0.2) is 63.7 Å². The summed E-state index contributed by atoms with van der Waals surface area (Å²) < 4.78 is 18.2. The van der Waals surface area contributed by atoms with E-state index in [1.807, 2.05) is 18.0 Å². The van der Waals surface area contributed by atoms with Crippen molar-refractivity contribution in [1.29, 1.82) is 0 Å². The van der Waals surface area contributed by atoms with Gasteiger partial charge in [-0.05, 0) is 44.4 Å². The van der Waals surface area contributed by atoms with E-state index >= 15 is 0 Å². The molecule has 1 saturated heterocycles. The Kier molecular flexibility index (Phi) is 11.2. The molecule has 1 fully saturated rings. The minimum absolute atomic E-state index is 0. The number of hydrogen-bond donors (Lipinski definition) is 1. The standard InChI is InChI=1S/C20H31FN4O2.HI/c1-4-22-20(25-13-9-16(10-14-25)19(26)27-3)23-11-6-12-24(2)18-8-5-7-17(21)15-18;/h5,7-8,15-16H,4,6,9-14H2,1-3H3,(H,22,23);1H. The van der Waals surface area contributed by atoms with Crippen molar-refractivity contribution in [1.82, 2.24) is 10.2 Å². The van der Waals surface area contributed by atoms with Crippen LogP contribution in [0.4, 0.5) is 10.1 Å². The molecule has 0 aliphatic carbocycles. The van der Waals surface area contributed by atoms with Crippen LogP contribution in [0, 0.1) is 11.7 Å². The maximum atomic E-state index is 13.3. The Labute approximate surface area is 184 Å². The van der Waals surface area contributed by atoms with E-state index in [1.165, 1.54) is 13.2 Å². The van der Waals surface area contributed by atoms with Crippen LogP contribution in [0.2, 0.25) is 0 Å². The van der Waals surface area contributed by atoms with Gasteiger partial charge in [0.2, 0.25) is 0 Å². The number of nitrogens with one attached hydrogen (secondary N) is 1. The van der Waals surface area contributed by atoms with E-state index < -0.39 is 0 Å². The molecule has 0 bridgehead atoms. The minimum Gasteiger partial charge on any atom is -0.469 e. The molecule has 0 unspecified atom stereocenters. The Morgan fingerprint density at radius 3 is 2.71 bits per heavy atom. The van der Waals surface area contributed by atoms with Crippen LogP contribution >= 0.6 is 24.0 Å². The average Bonchev–Trinajstić information content (AvgIpc) is 2.69. The molecular formula is C20H32FIN4O2. The monoisotopic (exact) mass is 506 g/mol. The number of rotatable bonds is 7. The maximum absolute atomic E-state index is 13.3. The molecule has 1 N–H and O–H groups in total. The number of piperidine rings is 1. The highest BCUT2D eigenvalue weighted by molar-refractivity contribution is 14.0. The van der Waals surface area contributed by atoms with Gasteiger partial charge in [-0.1, -0.05) is 6.07 Å². The Morgan fingerprint density at radius 2 is 2.11 bits per heavy atom. The first-order chi connectivity index (χ1) is 13.0. The van der Waals surface area contributed by atoms with E-state index in [2.05, 4.69) is 17.1 Å². The van der Waals surface area contributed by atoms with Crippen molar-refractivity contribution < 1.29 is 13.9 Å². The van der Waals surface area contributed by atoms with E-state index in [9.17, 15) is 9.18 Å². The first kappa shape index (κ1) is 24.5. The molecule has 1 heterocycles. The maximum Gasteiger partial charge on any atom is 0.308 e. The van der Waals surface area contributed by atoms with Crippen molar-refractivity contribution >= 4 is 41.6 Å². The van der Waals surface area contributed by atoms with Crippen LogP contribution in [0.1, 0.15) is 26.2 Å². The van der Waals surface area contributed by atoms with Crippen LogP contribution in [0.15, 0.2) is 29.3 Å². The predicted molar refractivity (Wildman–Crippen MR) is 122 cm³/mol. The molecule has 1 aromatic rings. The van der Waals surface area contributed by atoms with Gasteiger partial charge >= 0.3 is 5.97 Å². The summed E-state index contributed by atoms with van der Waals surface area (Å²) in [7, 11) is 3.41. The van der Waals surface area contributed by atoms with Gasteiger partial charge in [0.05, 0.1) is 13.0 Å². The summed E-state index contributed by atoms with van der Waals surface area (Å²) in [5.74, 6) is 0.558. The van der Waals surface area contributed by atoms with Crippen molar-refractivity contribution in [3.05, 3.63) is 30.1 Å². The lowest BCUT2D eigenvalue weighted by molar-refractivity contribution is -0.146. The molecule has 1 aliphatic heterocycles. The van der Waals surface area contributed by atoms with Crippen molar-refractivity contribution in [2.75, 3.05) is 51.8 Å². The van der Waals surface area contributed by atoms with E-state index in [1.54, 1.807) is 12.1 Å². The number of hydrogen-bond acceptors (Lipinski definition) is 4. The fourth-order valence-electron chi connectivity index (χ4n) is 3.25. The second kappa shape index (κ2) is 12.8. The quantitative estimate of drug-likeness (QED) is 0.203. The SMILES string of the molecule is CCNC(=NCCCN(C)c1cccc(F)c1)N1CCC(C(=O)OC)CC1.I. The third-order valence-corrected chi connectivity index (χ3v) is 4.83. The number of guanidine groups is 1. The summed E-state index contributed by atoms with van der Waals surface area (Å²) in [6, 6.07) is 6.62. The number of likely N-dealkylation sites (tertiary alicyclic amines) is 1. The first-order valence-corrected chi connectivity index (χ1v) is 9.63. The average molecular weight is 506 g/mol. The smallest absolute Gasteiger partial charge is 0.308 e. The van der Waals surface area contributed by atoms with Crippen molar-refractivity contribution in [2.45, 2.75) is 26.2 Å². The summed E-state index contributed by atoms with van der Waals surface area (Å²) >= 11 is 0. The van der Waals surface area contributed by atoms with Gasteiger partial charge in [0, 0.05) is 45.5 Å². The van der Waals surface area contributed by atoms with Crippen LogP contribution < -0.4 is 10.2 Å². The zero-order valence-electron chi connectivity index (χ0n) is 17.0. The molecule has 0 radical (unpaired) electrons. The topological polar surface area (TPSA) is 57.2 Å². The second-order valence-electron chi connectivity index (χ2n) is 6.78. The van der Waals surface area contributed by atoms with Gasteiger partial charge in [0.25, 0.3) is 0 Å². The van der Waals surface area contributed by atoms with E-state index in [0.717, 1.165) is 57.1 Å². The van der Waals surface area contributed by atoms with Gasteiger partial charge in [-0.2, -0.15) is 0 Å². The molecule has 2 rings (SSSR count). The Morgan fingerprint density at radius 1 is 1.39 bits per heavy atom. The Balaban J connectivity index is 0.00000392. The molecule has 0 atom stereocenters. The van der Waals surface area contributed by atoms with Crippen molar-refractivity contribution in [3.8, 4) is 0 Å². The number of aliphatic imine (C=N–C) groups is 1. The Bertz CT molecular complexity index is 636. The van der Waals surface area contributed by atoms with Gasteiger partial charge in [-0.3, -0.25) is 9.79 Å². The molecule has 1 aliphatic rings. The second-order valence-corrected chi connectivity index (χ2v) is 6.78. The molecule has 0 aromatic heterocycles. The van der Waals surface area contributed by atoms with Crippen LogP contribution in [0.5, 0.6) is 0 Å². The molecular weight excluding hydrogens is 474 g/mol. The summed E-state index contributed by atoms with van der Waals surface area (Å²) in [4.78, 5) is 20.6. The molecule has 158 valence electrons. The summed E-state index contributed by atoms with van der Waals surface area (Å²) in [6.07, 6.45) is 2.46. The number of carbonyl (C=O) groups is 1. The van der Waals surface area contributed by atoms with Gasteiger partial charge in [0.15, 0.2) is 5.96 Å². The number of carbonyl (C=O) groups excluding carboxylic acids is 1. The third-order valence-electron chi connectivity index (χ3n) is 4.83. The number of anilines is 1. The highest BCUT2D eigenvalue weighted by atomic mass is 127.